The molecule has 0 heterocycles. The van der Waals surface area contributed by atoms with Crippen molar-refractivity contribution in [3.63, 3.8) is 0 Å². The third kappa shape index (κ3) is 2.74. The molecule has 0 fully saturated rings. The number of rotatable bonds is 2. The molecule has 0 radical (unpaired) electrons. The third-order valence-electron chi connectivity index (χ3n) is 2.18. The van der Waals surface area contributed by atoms with Crippen LogP contribution in [0.15, 0.2) is 41.4 Å². The van der Waals surface area contributed by atoms with Crippen LogP contribution in [0.1, 0.15) is 5.56 Å². The highest BCUT2D eigenvalue weighted by atomic mass is 19.2. The molecule has 1 nitrogen and oxygen atoms in total. The van der Waals surface area contributed by atoms with E-state index in [-0.39, 0.29) is 5.56 Å². The Bertz CT molecular complexity index is 585. The third-order valence-corrected chi connectivity index (χ3v) is 2.18. The molecule has 0 atom stereocenters. The van der Waals surface area contributed by atoms with Crippen LogP contribution in [0, 0.1) is 23.3 Å². The van der Waals surface area contributed by atoms with Gasteiger partial charge >= 0.3 is 0 Å². The maximum atomic E-state index is 12.9. The second-order valence-electron chi connectivity index (χ2n) is 3.54. The molecule has 0 unspecified atom stereocenters. The second kappa shape index (κ2) is 5.00. The van der Waals surface area contributed by atoms with Crippen LogP contribution in [0.5, 0.6) is 0 Å². The van der Waals surface area contributed by atoms with Crippen molar-refractivity contribution in [3.05, 3.63) is 65.2 Å². The highest BCUT2D eigenvalue weighted by Crippen LogP contribution is 2.15. The first-order valence-corrected chi connectivity index (χ1v) is 5.00. The standard InChI is InChI=1S/C13H7F4N/c14-9-2-1-3-10(6-9)18-7-8-4-11(15)13(17)12(16)5-8/h1-7H. The smallest absolute Gasteiger partial charge is 0.194 e. The summed E-state index contributed by atoms with van der Waals surface area (Å²) in [6.07, 6.45) is 1.13. The van der Waals surface area contributed by atoms with Crippen LogP contribution in [-0.2, 0) is 0 Å². The van der Waals surface area contributed by atoms with Crippen LogP contribution < -0.4 is 0 Å². The molecule has 0 N–H and O–H groups in total. The van der Waals surface area contributed by atoms with Crippen molar-refractivity contribution in [1.29, 1.82) is 0 Å². The number of nitrogens with zero attached hydrogens (tertiary/aromatic N) is 1. The summed E-state index contributed by atoms with van der Waals surface area (Å²) in [6, 6.07) is 7.00. The van der Waals surface area contributed by atoms with Crippen molar-refractivity contribution in [2.75, 3.05) is 0 Å². The van der Waals surface area contributed by atoms with Crippen LogP contribution in [0.25, 0.3) is 0 Å². The molecule has 0 aromatic heterocycles. The van der Waals surface area contributed by atoms with Crippen molar-refractivity contribution in [1.82, 2.24) is 0 Å². The fourth-order valence-corrected chi connectivity index (χ4v) is 1.36. The van der Waals surface area contributed by atoms with Gasteiger partial charge in [-0.3, -0.25) is 4.99 Å². The first-order valence-electron chi connectivity index (χ1n) is 5.00. The van der Waals surface area contributed by atoms with Crippen molar-refractivity contribution in [2.24, 2.45) is 4.99 Å². The minimum Gasteiger partial charge on any atom is -0.256 e. The average Bonchev–Trinajstić information content (AvgIpc) is 2.33. The number of aliphatic imine (C=N–C) groups is 1. The molecule has 0 saturated heterocycles. The van der Waals surface area contributed by atoms with Gasteiger partial charge in [-0.05, 0) is 35.9 Å². The van der Waals surface area contributed by atoms with E-state index in [9.17, 15) is 17.6 Å². The summed E-state index contributed by atoms with van der Waals surface area (Å²) in [7, 11) is 0. The van der Waals surface area contributed by atoms with Crippen molar-refractivity contribution >= 4 is 11.9 Å². The molecule has 0 bridgehead atoms. The molecular formula is C13H7F4N. The molecule has 5 heteroatoms. The van der Waals surface area contributed by atoms with E-state index in [4.69, 9.17) is 0 Å². The van der Waals surface area contributed by atoms with E-state index in [2.05, 4.69) is 4.99 Å². The van der Waals surface area contributed by atoms with Gasteiger partial charge in [-0.25, -0.2) is 17.6 Å². The summed E-state index contributed by atoms with van der Waals surface area (Å²) in [6.45, 7) is 0. The Labute approximate surface area is 100 Å². The van der Waals surface area contributed by atoms with E-state index in [1.807, 2.05) is 0 Å². The molecule has 0 aliphatic carbocycles. The summed E-state index contributed by atoms with van der Waals surface area (Å²) >= 11 is 0. The van der Waals surface area contributed by atoms with Crippen LogP contribution in [-0.4, -0.2) is 6.21 Å². The average molecular weight is 253 g/mol. The normalized spacial score (nSPS) is 11.1. The number of halogens is 4. The minimum atomic E-state index is -1.53. The van der Waals surface area contributed by atoms with Gasteiger partial charge in [-0.15, -0.1) is 0 Å². The first-order chi connectivity index (χ1) is 8.56. The summed E-state index contributed by atoms with van der Waals surface area (Å²) in [5.74, 6) is -4.59. The maximum Gasteiger partial charge on any atom is 0.194 e. The Morgan fingerprint density at radius 3 is 2.17 bits per heavy atom. The van der Waals surface area contributed by atoms with Gasteiger partial charge in [0.15, 0.2) is 17.5 Å². The fraction of sp³-hybridized carbons (Fsp3) is 0. The van der Waals surface area contributed by atoms with Gasteiger partial charge in [0.05, 0.1) is 5.69 Å². The van der Waals surface area contributed by atoms with Gasteiger partial charge in [0, 0.05) is 6.21 Å². The van der Waals surface area contributed by atoms with Gasteiger partial charge in [0.1, 0.15) is 5.82 Å². The Balaban J connectivity index is 2.29. The van der Waals surface area contributed by atoms with Gasteiger partial charge in [-0.1, -0.05) is 6.07 Å². The SMILES string of the molecule is Fc1cccc(N=Cc2cc(F)c(F)c(F)c2)c1. The molecule has 0 amide bonds. The lowest BCUT2D eigenvalue weighted by atomic mass is 10.2. The Kier molecular flexibility index (Phi) is 3.41. The highest BCUT2D eigenvalue weighted by Gasteiger charge is 2.09. The number of hydrogen-bond donors (Lipinski definition) is 0. The van der Waals surface area contributed by atoms with Crippen molar-refractivity contribution in [2.45, 2.75) is 0 Å². The highest BCUT2D eigenvalue weighted by molar-refractivity contribution is 5.81. The zero-order valence-electron chi connectivity index (χ0n) is 9.00. The molecule has 0 spiro atoms. The molecule has 2 aromatic rings. The predicted molar refractivity (Wildman–Crippen MR) is 60.0 cm³/mol. The first kappa shape index (κ1) is 12.3. The second-order valence-corrected chi connectivity index (χ2v) is 3.54. The molecule has 2 rings (SSSR count). The van der Waals surface area contributed by atoms with E-state index in [1.165, 1.54) is 18.2 Å². The number of hydrogen-bond acceptors (Lipinski definition) is 1. The van der Waals surface area contributed by atoms with Crippen LogP contribution in [0.4, 0.5) is 23.2 Å². The van der Waals surface area contributed by atoms with Gasteiger partial charge in [0.2, 0.25) is 0 Å². The minimum absolute atomic E-state index is 0.0515. The summed E-state index contributed by atoms with van der Waals surface area (Å²) < 4.78 is 51.3. The van der Waals surface area contributed by atoms with E-state index in [0.29, 0.717) is 5.69 Å². The Hall–Kier alpha value is -2.17. The van der Waals surface area contributed by atoms with E-state index < -0.39 is 23.3 Å². The van der Waals surface area contributed by atoms with Gasteiger partial charge in [-0.2, -0.15) is 0 Å². The van der Waals surface area contributed by atoms with Crippen LogP contribution >= 0.6 is 0 Å². The van der Waals surface area contributed by atoms with E-state index in [0.717, 1.165) is 24.4 Å². The van der Waals surface area contributed by atoms with Crippen molar-refractivity contribution in [3.8, 4) is 0 Å². The Morgan fingerprint density at radius 1 is 0.889 bits per heavy atom. The quantitative estimate of drug-likeness (QED) is 0.436. The zero-order chi connectivity index (χ0) is 13.1. The predicted octanol–water partition coefficient (Wildman–Crippen LogP) is 3.99. The molecule has 0 aliphatic heterocycles. The summed E-state index contributed by atoms with van der Waals surface area (Å²) in [5.41, 5.74) is 0.343. The fourth-order valence-electron chi connectivity index (χ4n) is 1.36. The maximum absolute atomic E-state index is 12.9. The lowest BCUT2D eigenvalue weighted by Crippen LogP contribution is -1.93. The monoisotopic (exact) mass is 253 g/mol. The van der Waals surface area contributed by atoms with Gasteiger partial charge in [0.25, 0.3) is 0 Å². The van der Waals surface area contributed by atoms with Crippen molar-refractivity contribution < 1.29 is 17.6 Å². The van der Waals surface area contributed by atoms with E-state index >= 15 is 0 Å². The number of benzene rings is 2. The molecule has 92 valence electrons. The molecule has 2 aromatic carbocycles. The summed E-state index contributed by atoms with van der Waals surface area (Å²) in [5, 5.41) is 0. The van der Waals surface area contributed by atoms with Crippen LogP contribution in [0.2, 0.25) is 0 Å². The molecule has 0 saturated carbocycles. The topological polar surface area (TPSA) is 12.4 Å². The summed E-state index contributed by atoms with van der Waals surface area (Å²) in [4.78, 5) is 3.83. The lowest BCUT2D eigenvalue weighted by molar-refractivity contribution is 0.447. The molecule has 18 heavy (non-hydrogen) atoms. The Morgan fingerprint density at radius 2 is 1.56 bits per heavy atom. The molecule has 0 aliphatic rings. The van der Waals surface area contributed by atoms with Crippen LogP contribution in [0.3, 0.4) is 0 Å². The van der Waals surface area contributed by atoms with Gasteiger partial charge < -0.3 is 0 Å². The molecular weight excluding hydrogens is 246 g/mol. The van der Waals surface area contributed by atoms with E-state index in [1.54, 1.807) is 0 Å². The lowest BCUT2D eigenvalue weighted by Gasteiger charge is -1.98. The largest absolute Gasteiger partial charge is 0.256 e. The zero-order valence-corrected chi connectivity index (χ0v) is 9.00.